The van der Waals surface area contributed by atoms with E-state index in [2.05, 4.69) is 16.3 Å². The lowest BCUT2D eigenvalue weighted by Gasteiger charge is -2.34. The van der Waals surface area contributed by atoms with Crippen LogP contribution in [0.15, 0.2) is 90.2 Å². The molecule has 0 aliphatic carbocycles. The molecule has 0 bridgehead atoms. The van der Waals surface area contributed by atoms with Crippen LogP contribution in [0.5, 0.6) is 11.5 Å². The van der Waals surface area contributed by atoms with Crippen LogP contribution in [0.4, 0.5) is 9.18 Å². The zero-order valence-electron chi connectivity index (χ0n) is 30.0. The number of hydrogen-bond acceptors (Lipinski definition) is 9. The van der Waals surface area contributed by atoms with Crippen molar-refractivity contribution in [3.63, 3.8) is 0 Å². The average molecular weight is 742 g/mol. The second kappa shape index (κ2) is 13.3. The molecule has 2 aliphatic rings. The maximum absolute atomic E-state index is 15.6. The van der Waals surface area contributed by atoms with Crippen molar-refractivity contribution in [2.45, 2.75) is 32.9 Å². The van der Waals surface area contributed by atoms with Crippen molar-refractivity contribution >= 4 is 39.2 Å². The number of aromatic hydroxyl groups is 2. The lowest BCUT2D eigenvalue weighted by molar-refractivity contribution is 0.0990. The van der Waals surface area contributed by atoms with Gasteiger partial charge in [-0.15, -0.1) is 0 Å². The number of carbonyl (C=O) groups is 1. The zero-order chi connectivity index (χ0) is 38.0. The molecule has 278 valence electrons. The van der Waals surface area contributed by atoms with Gasteiger partial charge in [0.2, 0.25) is 0 Å². The van der Waals surface area contributed by atoms with E-state index in [4.69, 9.17) is 14.5 Å². The second-order valence-corrected chi connectivity index (χ2v) is 14.2. The molecule has 0 radical (unpaired) electrons. The van der Waals surface area contributed by atoms with Gasteiger partial charge in [0.15, 0.2) is 11.6 Å². The Bertz CT molecular complexity index is 2760. The quantitative estimate of drug-likeness (QED) is 0.171. The van der Waals surface area contributed by atoms with Crippen molar-refractivity contribution in [2.75, 3.05) is 26.2 Å². The van der Waals surface area contributed by atoms with E-state index in [-0.39, 0.29) is 41.0 Å². The summed E-state index contributed by atoms with van der Waals surface area (Å²) in [6, 6.07) is 19.4. The fraction of sp³-hybridized carbons (Fsp3) is 0.220. The number of amides is 1. The van der Waals surface area contributed by atoms with E-state index in [0.29, 0.717) is 49.7 Å². The summed E-state index contributed by atoms with van der Waals surface area (Å²) in [6.45, 7) is 6.13. The molecule has 1 fully saturated rings. The number of nitrogens with one attached hydrogen (secondary N) is 1. The van der Waals surface area contributed by atoms with Gasteiger partial charge >= 0.3 is 11.8 Å². The van der Waals surface area contributed by atoms with Crippen LogP contribution in [-0.4, -0.2) is 76.4 Å². The number of carbonyl (C=O) groups excluding carboxylic acids is 1. The van der Waals surface area contributed by atoms with Crippen molar-refractivity contribution in [3.8, 4) is 28.6 Å². The molecule has 0 atom stereocenters. The minimum atomic E-state index is -0.611. The van der Waals surface area contributed by atoms with Gasteiger partial charge in [-0.2, -0.15) is 5.10 Å². The van der Waals surface area contributed by atoms with E-state index in [1.807, 2.05) is 65.9 Å². The molecule has 1 saturated heterocycles. The van der Waals surface area contributed by atoms with E-state index in [0.717, 1.165) is 38.4 Å². The molecule has 4 aromatic heterocycles. The highest BCUT2D eigenvalue weighted by molar-refractivity contribution is 6.01. The van der Waals surface area contributed by atoms with Crippen LogP contribution in [0.1, 0.15) is 42.0 Å². The van der Waals surface area contributed by atoms with Crippen LogP contribution in [0.2, 0.25) is 0 Å². The Labute approximate surface area is 313 Å². The van der Waals surface area contributed by atoms with Crippen LogP contribution < -0.4 is 5.69 Å². The number of para-hydroxylation sites is 1. The molecule has 55 heavy (non-hydrogen) atoms. The Morgan fingerprint density at radius 1 is 0.964 bits per heavy atom. The first-order chi connectivity index (χ1) is 26.6. The van der Waals surface area contributed by atoms with E-state index in [9.17, 15) is 19.8 Å². The number of rotatable bonds is 6. The molecule has 0 unspecified atom stereocenters. The topological polar surface area (TPSA) is 150 Å². The normalized spacial score (nSPS) is 14.8. The number of H-pyrrole nitrogens is 1. The SMILES string of the molecule is CC(C)c1cc(-c2n[nH]c(=O)n2-c2ccc(CN3CCN(C(=O)OC4=COCc5cn6cc7cc8ccccc8nc7c6cc54)CC3)c(F)c2)c(O)cc1O. The summed E-state index contributed by atoms with van der Waals surface area (Å²) < 4.78 is 30.4. The summed E-state index contributed by atoms with van der Waals surface area (Å²) in [7, 11) is 0. The molecular weight excluding hydrogens is 705 g/mol. The number of phenolic OH excluding ortho intramolecular Hbond substituents is 2. The van der Waals surface area contributed by atoms with Crippen LogP contribution in [0.3, 0.4) is 0 Å². The number of phenols is 2. The minimum Gasteiger partial charge on any atom is -0.508 e. The minimum absolute atomic E-state index is 0.0676. The number of piperazine rings is 1. The third-order valence-corrected chi connectivity index (χ3v) is 10.4. The van der Waals surface area contributed by atoms with Crippen LogP contribution in [0.25, 0.3) is 50.2 Å². The third kappa shape index (κ3) is 6.09. The number of fused-ring (bicyclic) bond motifs is 5. The molecule has 3 aromatic carbocycles. The Balaban J connectivity index is 0.873. The summed E-state index contributed by atoms with van der Waals surface area (Å²) >= 11 is 0. The summed E-state index contributed by atoms with van der Waals surface area (Å²) in [4.78, 5) is 34.8. The Morgan fingerprint density at radius 3 is 2.58 bits per heavy atom. The molecule has 1 amide bonds. The molecule has 2 aliphatic heterocycles. The predicted octanol–water partition coefficient (Wildman–Crippen LogP) is 6.64. The number of aromatic nitrogens is 5. The smallest absolute Gasteiger partial charge is 0.415 e. The first kappa shape index (κ1) is 34.1. The highest BCUT2D eigenvalue weighted by Crippen LogP contribution is 2.38. The van der Waals surface area contributed by atoms with E-state index in [1.54, 1.807) is 23.1 Å². The third-order valence-electron chi connectivity index (χ3n) is 10.4. The van der Waals surface area contributed by atoms with Gasteiger partial charge < -0.3 is 29.0 Å². The number of halogens is 1. The fourth-order valence-electron chi connectivity index (χ4n) is 7.43. The fourth-order valence-corrected chi connectivity index (χ4v) is 7.43. The molecule has 7 aromatic rings. The number of ether oxygens (including phenoxy) is 2. The van der Waals surface area contributed by atoms with Gasteiger partial charge in [0.05, 0.1) is 27.8 Å². The average Bonchev–Trinajstić information content (AvgIpc) is 3.72. The second-order valence-electron chi connectivity index (χ2n) is 14.2. The van der Waals surface area contributed by atoms with E-state index < -0.39 is 17.6 Å². The molecule has 13 nitrogen and oxygen atoms in total. The highest BCUT2D eigenvalue weighted by Gasteiger charge is 2.27. The van der Waals surface area contributed by atoms with Crippen molar-refractivity contribution in [3.05, 3.63) is 124 Å². The number of pyridine rings is 2. The maximum Gasteiger partial charge on any atom is 0.415 e. The van der Waals surface area contributed by atoms with Crippen molar-refractivity contribution in [2.24, 2.45) is 0 Å². The highest BCUT2D eigenvalue weighted by atomic mass is 19.1. The van der Waals surface area contributed by atoms with Crippen molar-refractivity contribution in [1.29, 1.82) is 0 Å². The molecule has 3 N–H and O–H groups in total. The van der Waals surface area contributed by atoms with Gasteiger partial charge in [-0.05, 0) is 47.9 Å². The maximum atomic E-state index is 15.6. The molecule has 6 heterocycles. The first-order valence-electron chi connectivity index (χ1n) is 18.0. The lowest BCUT2D eigenvalue weighted by atomic mass is 9.98. The first-order valence-corrected chi connectivity index (χ1v) is 18.0. The number of nitrogens with zero attached hydrogens (tertiary/aromatic N) is 6. The summed E-state index contributed by atoms with van der Waals surface area (Å²) in [5, 5.41) is 29.5. The molecule has 14 heteroatoms. The summed E-state index contributed by atoms with van der Waals surface area (Å²) in [6.07, 6.45) is 5.00. The van der Waals surface area contributed by atoms with Crippen LogP contribution in [0, 0.1) is 5.82 Å². The predicted molar refractivity (Wildman–Crippen MR) is 203 cm³/mol. The Hall–Kier alpha value is -6.67. The van der Waals surface area contributed by atoms with Gasteiger partial charge in [-0.1, -0.05) is 38.1 Å². The van der Waals surface area contributed by atoms with E-state index in [1.165, 1.54) is 23.0 Å². The van der Waals surface area contributed by atoms with E-state index >= 15 is 4.39 Å². The van der Waals surface area contributed by atoms with Crippen LogP contribution >= 0.6 is 0 Å². The van der Waals surface area contributed by atoms with Gasteiger partial charge in [-0.3, -0.25) is 4.90 Å². The van der Waals surface area contributed by atoms with Crippen LogP contribution in [-0.2, 0) is 22.6 Å². The van der Waals surface area contributed by atoms with Gasteiger partial charge in [-0.25, -0.2) is 28.6 Å². The van der Waals surface area contributed by atoms with Gasteiger partial charge in [0, 0.05) is 78.6 Å². The summed E-state index contributed by atoms with van der Waals surface area (Å²) in [5.41, 5.74) is 5.11. The van der Waals surface area contributed by atoms with Gasteiger partial charge in [0.25, 0.3) is 0 Å². The Morgan fingerprint density at radius 2 is 1.78 bits per heavy atom. The zero-order valence-corrected chi connectivity index (χ0v) is 30.0. The molecule has 0 saturated carbocycles. The van der Waals surface area contributed by atoms with Crippen molar-refractivity contribution < 1.29 is 28.9 Å². The number of aromatic amines is 1. The number of benzene rings is 3. The standard InChI is InChI=1S/C41H36FN7O6/c1-23(2)29-15-31(36(51)17-35(29)50)39-44-45-40(52)49(39)28-8-7-25(32(42)14-28)18-46-9-11-47(12-10-46)41(53)55-37-22-54-21-27-20-48-19-26-13-24-5-3-4-6-33(24)43-38(26)34(48)16-30(27)37/h3-8,13-17,19-20,22-23,50-51H,9-12,18,21H2,1-2H3,(H,45,52). The summed E-state index contributed by atoms with van der Waals surface area (Å²) in [5.74, 6) is -0.523. The largest absolute Gasteiger partial charge is 0.508 e. The lowest BCUT2D eigenvalue weighted by Crippen LogP contribution is -2.48. The molecule has 0 spiro atoms. The monoisotopic (exact) mass is 741 g/mol. The van der Waals surface area contributed by atoms with Gasteiger partial charge in [0.1, 0.15) is 30.2 Å². The molecule has 9 rings (SSSR count). The number of hydrogen-bond donors (Lipinski definition) is 3. The molecular formula is C41H36FN7O6. The van der Waals surface area contributed by atoms with Crippen molar-refractivity contribution in [1.82, 2.24) is 33.9 Å². The Kier molecular flexibility index (Phi) is 8.26.